The number of carbonyl (C=O) groups is 2. The second-order valence-corrected chi connectivity index (χ2v) is 12.9. The van der Waals surface area contributed by atoms with Crippen LogP contribution < -0.4 is 9.62 Å². The van der Waals surface area contributed by atoms with Crippen molar-refractivity contribution in [2.75, 3.05) is 10.8 Å². The third kappa shape index (κ3) is 8.24. The number of rotatable bonds is 12. The van der Waals surface area contributed by atoms with Crippen LogP contribution in [0.2, 0.25) is 5.02 Å². The van der Waals surface area contributed by atoms with Gasteiger partial charge in [0.2, 0.25) is 11.8 Å². The minimum atomic E-state index is -4.18. The van der Waals surface area contributed by atoms with Crippen LogP contribution in [0.3, 0.4) is 0 Å². The molecular weight excluding hydrogens is 582 g/mol. The van der Waals surface area contributed by atoms with Crippen molar-refractivity contribution in [1.29, 1.82) is 0 Å². The normalized spacial score (nSPS) is 12.0. The highest BCUT2D eigenvalue weighted by Gasteiger charge is 2.35. The van der Waals surface area contributed by atoms with Crippen molar-refractivity contribution < 1.29 is 18.0 Å². The number of benzene rings is 4. The third-order valence-corrected chi connectivity index (χ3v) is 9.03. The fraction of sp³-hybridized carbons (Fsp3) is 0.235. The molecule has 1 atom stereocenters. The minimum Gasteiger partial charge on any atom is -0.352 e. The van der Waals surface area contributed by atoms with Gasteiger partial charge in [-0.1, -0.05) is 90.5 Å². The van der Waals surface area contributed by atoms with Gasteiger partial charge in [-0.25, -0.2) is 8.42 Å². The Kier molecular flexibility index (Phi) is 10.6. The van der Waals surface area contributed by atoms with Crippen LogP contribution in [-0.2, 0) is 32.6 Å². The Hall–Kier alpha value is -4.14. The molecule has 0 spiro atoms. The van der Waals surface area contributed by atoms with Crippen LogP contribution >= 0.6 is 11.6 Å². The van der Waals surface area contributed by atoms with E-state index in [-0.39, 0.29) is 35.5 Å². The average molecular weight is 618 g/mol. The first-order valence-electron chi connectivity index (χ1n) is 14.1. The maximum atomic E-state index is 14.4. The average Bonchev–Trinajstić information content (AvgIpc) is 2.99. The van der Waals surface area contributed by atoms with E-state index < -0.39 is 28.5 Å². The van der Waals surface area contributed by atoms with Crippen LogP contribution in [0, 0.1) is 6.92 Å². The number of hydrogen-bond acceptors (Lipinski definition) is 4. The van der Waals surface area contributed by atoms with Crippen molar-refractivity contribution in [2.24, 2.45) is 0 Å². The maximum Gasteiger partial charge on any atom is 0.264 e. The summed E-state index contributed by atoms with van der Waals surface area (Å²) >= 11 is 6.27. The smallest absolute Gasteiger partial charge is 0.264 e. The summed E-state index contributed by atoms with van der Waals surface area (Å²) in [6.45, 7) is 5.24. The van der Waals surface area contributed by atoms with E-state index in [1.54, 1.807) is 36.4 Å². The van der Waals surface area contributed by atoms with E-state index in [0.717, 1.165) is 21.0 Å². The number of aryl methyl sites for hydroxylation is 1. The highest BCUT2D eigenvalue weighted by Crippen LogP contribution is 2.27. The van der Waals surface area contributed by atoms with E-state index in [1.165, 1.54) is 23.1 Å². The van der Waals surface area contributed by atoms with E-state index in [2.05, 4.69) is 5.32 Å². The Morgan fingerprint density at radius 3 is 2.09 bits per heavy atom. The molecule has 224 valence electrons. The highest BCUT2D eigenvalue weighted by atomic mass is 35.5. The maximum absolute atomic E-state index is 14.4. The second kappa shape index (κ2) is 14.4. The van der Waals surface area contributed by atoms with Crippen molar-refractivity contribution in [3.63, 3.8) is 0 Å². The van der Waals surface area contributed by atoms with Crippen molar-refractivity contribution in [3.05, 3.63) is 131 Å². The lowest BCUT2D eigenvalue weighted by Crippen LogP contribution is -2.54. The number of nitrogens with one attached hydrogen (secondary N) is 1. The Bertz CT molecular complexity index is 1650. The predicted octanol–water partition coefficient (Wildman–Crippen LogP) is 6.01. The molecule has 4 rings (SSSR count). The predicted molar refractivity (Wildman–Crippen MR) is 171 cm³/mol. The first kappa shape index (κ1) is 31.8. The Morgan fingerprint density at radius 2 is 1.47 bits per heavy atom. The van der Waals surface area contributed by atoms with Crippen LogP contribution in [0.1, 0.15) is 30.5 Å². The van der Waals surface area contributed by atoms with E-state index in [0.29, 0.717) is 5.02 Å². The molecule has 0 saturated carbocycles. The van der Waals surface area contributed by atoms with Gasteiger partial charge in [0.05, 0.1) is 10.6 Å². The van der Waals surface area contributed by atoms with Gasteiger partial charge in [0, 0.05) is 24.0 Å². The highest BCUT2D eigenvalue weighted by molar-refractivity contribution is 7.92. The molecule has 0 radical (unpaired) electrons. The molecule has 0 bridgehead atoms. The van der Waals surface area contributed by atoms with Gasteiger partial charge >= 0.3 is 0 Å². The fourth-order valence-corrected chi connectivity index (χ4v) is 6.40. The molecule has 1 N–H and O–H groups in total. The first-order valence-corrected chi connectivity index (χ1v) is 15.9. The van der Waals surface area contributed by atoms with E-state index in [9.17, 15) is 18.0 Å². The monoisotopic (exact) mass is 617 g/mol. The minimum absolute atomic E-state index is 0.0339. The van der Waals surface area contributed by atoms with Crippen LogP contribution in [0.15, 0.2) is 114 Å². The number of halogens is 1. The number of hydrogen-bond donors (Lipinski definition) is 1. The van der Waals surface area contributed by atoms with E-state index >= 15 is 0 Å². The zero-order chi connectivity index (χ0) is 31.0. The quantitative estimate of drug-likeness (QED) is 0.211. The zero-order valence-corrected chi connectivity index (χ0v) is 26.1. The molecule has 2 amide bonds. The molecule has 4 aromatic rings. The molecule has 7 nitrogen and oxygen atoms in total. The van der Waals surface area contributed by atoms with Crippen LogP contribution in [-0.4, -0.2) is 43.8 Å². The second-order valence-electron chi connectivity index (χ2n) is 10.6. The van der Waals surface area contributed by atoms with Crippen molar-refractivity contribution >= 4 is 39.1 Å². The molecule has 0 fully saturated rings. The summed E-state index contributed by atoms with van der Waals surface area (Å²) in [6.07, 6.45) is 0.250. The molecule has 0 aliphatic rings. The number of carbonyl (C=O) groups excluding carboxylic acids is 2. The lowest BCUT2D eigenvalue weighted by atomic mass is 10.0. The SMILES string of the molecule is Cc1ccccc1CN(C(=O)CN(c1cccc(Cl)c1)S(=O)(=O)c1ccccc1)[C@@H](Cc1ccccc1)C(=O)NC(C)C. The molecule has 0 unspecified atom stereocenters. The number of amides is 2. The van der Waals surface area contributed by atoms with Gasteiger partial charge in [0.25, 0.3) is 10.0 Å². The molecular formula is C34H36ClN3O4S. The summed E-state index contributed by atoms with van der Waals surface area (Å²) in [5.74, 6) is -0.844. The van der Waals surface area contributed by atoms with Crippen molar-refractivity contribution in [2.45, 2.75) is 50.7 Å². The van der Waals surface area contributed by atoms with Crippen LogP contribution in [0.4, 0.5) is 5.69 Å². The van der Waals surface area contributed by atoms with Crippen LogP contribution in [0.25, 0.3) is 0 Å². The molecule has 4 aromatic carbocycles. The molecule has 0 aliphatic heterocycles. The summed E-state index contributed by atoms with van der Waals surface area (Å²) in [4.78, 5) is 29.7. The number of sulfonamides is 1. The van der Waals surface area contributed by atoms with Gasteiger partial charge in [0.15, 0.2) is 0 Å². The third-order valence-electron chi connectivity index (χ3n) is 7.01. The zero-order valence-electron chi connectivity index (χ0n) is 24.5. The summed E-state index contributed by atoms with van der Waals surface area (Å²) in [7, 11) is -4.18. The standard InChI is InChI=1S/C34H36ClN3O4S/c1-25(2)36-34(40)32(21-27-14-6-4-7-15-27)37(23-28-16-11-10-13-26(28)3)33(39)24-38(30-18-12-17-29(35)22-30)43(41,42)31-19-8-5-9-20-31/h4-20,22,25,32H,21,23-24H2,1-3H3,(H,36,40)/t32-/m0/s1. The van der Waals surface area contributed by atoms with Crippen LogP contribution in [0.5, 0.6) is 0 Å². The lowest BCUT2D eigenvalue weighted by molar-refractivity contribution is -0.140. The van der Waals surface area contributed by atoms with Gasteiger partial charge in [-0.15, -0.1) is 0 Å². The summed E-state index contributed by atoms with van der Waals surface area (Å²) in [6, 6.07) is 30.3. The molecule has 0 aliphatic carbocycles. The molecule has 0 saturated heterocycles. The van der Waals surface area contributed by atoms with E-state index in [1.807, 2.05) is 75.4 Å². The lowest BCUT2D eigenvalue weighted by Gasteiger charge is -2.34. The molecule has 9 heteroatoms. The molecule has 43 heavy (non-hydrogen) atoms. The topological polar surface area (TPSA) is 86.8 Å². The Balaban J connectivity index is 1.81. The van der Waals surface area contributed by atoms with Crippen molar-refractivity contribution in [1.82, 2.24) is 10.2 Å². The van der Waals surface area contributed by atoms with Gasteiger partial charge < -0.3 is 10.2 Å². The van der Waals surface area contributed by atoms with Gasteiger partial charge in [-0.05, 0) is 67.8 Å². The largest absolute Gasteiger partial charge is 0.352 e. The summed E-state index contributed by atoms with van der Waals surface area (Å²) in [5, 5.41) is 3.29. The number of anilines is 1. The number of nitrogens with zero attached hydrogens (tertiary/aromatic N) is 2. The Labute approximate surface area is 259 Å². The van der Waals surface area contributed by atoms with Gasteiger partial charge in [0.1, 0.15) is 12.6 Å². The Morgan fingerprint density at radius 1 is 0.837 bits per heavy atom. The molecule has 0 heterocycles. The van der Waals surface area contributed by atoms with Gasteiger partial charge in [-0.3, -0.25) is 13.9 Å². The summed E-state index contributed by atoms with van der Waals surface area (Å²) < 4.78 is 29.0. The molecule has 0 aromatic heterocycles. The fourth-order valence-electron chi connectivity index (χ4n) is 4.79. The first-order chi connectivity index (χ1) is 20.6. The van der Waals surface area contributed by atoms with Gasteiger partial charge in [-0.2, -0.15) is 0 Å². The van der Waals surface area contributed by atoms with Crippen molar-refractivity contribution in [3.8, 4) is 0 Å². The van der Waals surface area contributed by atoms with E-state index in [4.69, 9.17) is 11.6 Å². The summed E-state index contributed by atoms with van der Waals surface area (Å²) in [5.41, 5.74) is 2.92.